The van der Waals surface area contributed by atoms with E-state index in [1.807, 2.05) is 6.92 Å². The molecule has 0 N–H and O–H groups in total. The van der Waals surface area contributed by atoms with Crippen LogP contribution in [0.2, 0.25) is 13.3 Å². The summed E-state index contributed by atoms with van der Waals surface area (Å²) in [6, 6.07) is 0. The minimum absolute atomic E-state index is 0.269. The molecule has 0 saturated carbocycles. The van der Waals surface area contributed by atoms with E-state index >= 15 is 0 Å². The van der Waals surface area contributed by atoms with E-state index in [0.717, 1.165) is 6.42 Å². The third-order valence-corrected chi connectivity index (χ3v) is 30.3. The molecule has 0 saturated heterocycles. The first kappa shape index (κ1) is 22.3. The van der Waals surface area contributed by atoms with Crippen molar-refractivity contribution >= 4 is 28.2 Å². The molecule has 0 amide bonds. The zero-order valence-electron chi connectivity index (χ0n) is 16.3. The normalized spacial score (nSPS) is 17.3. The van der Waals surface area contributed by atoms with Gasteiger partial charge in [-0.25, -0.2) is 0 Å². The quantitative estimate of drug-likeness (QED) is 0.261. The maximum atomic E-state index is 13.4. The van der Waals surface area contributed by atoms with Crippen LogP contribution in [0.4, 0.5) is 0 Å². The number of unbranched alkanes of at least 4 members (excludes halogenated alkanes) is 3. The fraction of sp³-hybridized carbons (Fsp3) is 0.800. The Morgan fingerprint density at radius 3 is 1.58 bits per heavy atom. The molecule has 0 fully saturated rings. The molecule has 0 unspecified atom stereocenters. The van der Waals surface area contributed by atoms with Crippen molar-refractivity contribution in [1.29, 1.82) is 0 Å². The summed E-state index contributed by atoms with van der Waals surface area (Å²) >= 11 is -2.98. The predicted molar refractivity (Wildman–Crippen MR) is 110 cm³/mol. The summed E-state index contributed by atoms with van der Waals surface area (Å²) in [5.74, 6) is 0.269. The summed E-state index contributed by atoms with van der Waals surface area (Å²) in [4.78, 5) is 0. The molecule has 0 bridgehead atoms. The van der Waals surface area contributed by atoms with E-state index in [9.17, 15) is 8.42 Å². The molecule has 1 aliphatic rings. The van der Waals surface area contributed by atoms with E-state index in [2.05, 4.69) is 45.1 Å². The van der Waals surface area contributed by atoms with Gasteiger partial charge in [-0.2, -0.15) is 0 Å². The fourth-order valence-electron chi connectivity index (χ4n) is 4.26. The molecule has 2 nitrogen and oxygen atoms in total. The van der Waals surface area contributed by atoms with Gasteiger partial charge in [-0.05, 0) is 0 Å². The first-order valence-corrected chi connectivity index (χ1v) is 19.2. The average Bonchev–Trinajstić information content (AvgIpc) is 2.61. The van der Waals surface area contributed by atoms with E-state index in [4.69, 9.17) is 0 Å². The minimum atomic E-state index is -3.11. The third kappa shape index (κ3) is 4.69. The average molecular weight is 461 g/mol. The van der Waals surface area contributed by atoms with Crippen LogP contribution in [0.1, 0.15) is 72.6 Å². The SMILES string of the molecule is CCC[CH2][Sn]([CH2]CCC)([CH2]CCC)[C]1(S(=O)(=O)CC)C=CCC=C1. The Hall–Kier alpha value is 0.229. The summed E-state index contributed by atoms with van der Waals surface area (Å²) in [5.41, 5.74) is 0. The molecule has 0 atom stereocenters. The molecule has 0 radical (unpaired) electrons. The Morgan fingerprint density at radius 2 is 1.25 bits per heavy atom. The van der Waals surface area contributed by atoms with E-state index in [1.165, 1.54) is 51.8 Å². The third-order valence-electron chi connectivity index (χ3n) is 5.75. The van der Waals surface area contributed by atoms with Crippen molar-refractivity contribution in [2.75, 3.05) is 5.75 Å². The molecule has 1 rings (SSSR count). The summed E-state index contributed by atoms with van der Waals surface area (Å²) in [7, 11) is -3.11. The number of rotatable bonds is 12. The zero-order valence-corrected chi connectivity index (χ0v) is 20.0. The Balaban J connectivity index is 3.49. The summed E-state index contributed by atoms with van der Waals surface area (Å²) in [5, 5.41) is 0. The molecular weight excluding hydrogens is 423 g/mol. The molecule has 0 aliphatic heterocycles. The molecule has 4 heteroatoms. The van der Waals surface area contributed by atoms with Crippen molar-refractivity contribution in [2.24, 2.45) is 0 Å². The molecule has 24 heavy (non-hydrogen) atoms. The zero-order chi connectivity index (χ0) is 18.1. The van der Waals surface area contributed by atoms with E-state index < -0.39 is 31.0 Å². The van der Waals surface area contributed by atoms with Crippen LogP contribution >= 0.6 is 0 Å². The Labute approximate surface area is 155 Å². The van der Waals surface area contributed by atoms with Gasteiger partial charge in [-0.3, -0.25) is 0 Å². The molecular formula is C20H38O2SSn. The first-order chi connectivity index (χ1) is 11.4. The second kappa shape index (κ2) is 10.4. The first-order valence-electron chi connectivity index (χ1n) is 10.0. The van der Waals surface area contributed by atoms with Crippen LogP contribution < -0.4 is 0 Å². The standard InChI is InChI=1S/C8H11O2S.3C4H9.Sn/c1-2-11(9,10)8-6-4-3-5-7-8;3*1-3-4-2;/h4-7H,2-3H2,1H3;3*1,3-4H2,2H3;. The van der Waals surface area contributed by atoms with E-state index in [1.54, 1.807) is 0 Å². The Bertz CT molecular complexity index is 486. The van der Waals surface area contributed by atoms with Crippen LogP contribution in [0.3, 0.4) is 0 Å². The topological polar surface area (TPSA) is 34.1 Å². The Kier molecular flexibility index (Phi) is 9.65. The number of hydrogen-bond donors (Lipinski definition) is 0. The molecule has 140 valence electrons. The number of allylic oxidation sites excluding steroid dienone is 2. The van der Waals surface area contributed by atoms with Crippen LogP contribution in [-0.4, -0.2) is 35.3 Å². The second-order valence-corrected chi connectivity index (χ2v) is 24.8. The van der Waals surface area contributed by atoms with E-state index in [-0.39, 0.29) is 5.75 Å². The molecule has 0 aromatic carbocycles. The van der Waals surface area contributed by atoms with Gasteiger partial charge < -0.3 is 0 Å². The van der Waals surface area contributed by atoms with Gasteiger partial charge in [0.05, 0.1) is 0 Å². The summed E-state index contributed by atoms with van der Waals surface area (Å²) < 4.78 is 29.8. The summed E-state index contributed by atoms with van der Waals surface area (Å²) in [6.45, 7) is 8.56. The van der Waals surface area contributed by atoms with E-state index in [0.29, 0.717) is 0 Å². The van der Waals surface area contributed by atoms with Gasteiger partial charge >= 0.3 is 155 Å². The number of sulfone groups is 1. The van der Waals surface area contributed by atoms with Crippen LogP contribution in [0.15, 0.2) is 24.3 Å². The van der Waals surface area contributed by atoms with Crippen LogP contribution in [-0.2, 0) is 9.84 Å². The van der Waals surface area contributed by atoms with Crippen molar-refractivity contribution in [3.8, 4) is 0 Å². The van der Waals surface area contributed by atoms with Crippen LogP contribution in [0, 0.1) is 0 Å². The van der Waals surface area contributed by atoms with Crippen molar-refractivity contribution < 1.29 is 8.42 Å². The Morgan fingerprint density at radius 1 is 0.833 bits per heavy atom. The van der Waals surface area contributed by atoms with Gasteiger partial charge in [0.1, 0.15) is 0 Å². The predicted octanol–water partition coefficient (Wildman–Crippen LogP) is 6.06. The molecule has 0 spiro atoms. The molecule has 0 aromatic rings. The van der Waals surface area contributed by atoms with Crippen molar-refractivity contribution in [1.82, 2.24) is 0 Å². The van der Waals surface area contributed by atoms with Gasteiger partial charge in [-0.1, -0.05) is 0 Å². The van der Waals surface area contributed by atoms with Crippen molar-refractivity contribution in [2.45, 2.75) is 88.7 Å². The van der Waals surface area contributed by atoms with Gasteiger partial charge in [0.25, 0.3) is 0 Å². The second-order valence-electron chi connectivity index (χ2n) is 7.33. The molecule has 1 aliphatic carbocycles. The van der Waals surface area contributed by atoms with Gasteiger partial charge in [0.15, 0.2) is 0 Å². The molecule has 0 heterocycles. The van der Waals surface area contributed by atoms with Gasteiger partial charge in [0.2, 0.25) is 0 Å². The van der Waals surface area contributed by atoms with Gasteiger partial charge in [0, 0.05) is 0 Å². The molecule has 0 aromatic heterocycles. The maximum absolute atomic E-state index is 13.4. The van der Waals surface area contributed by atoms with Gasteiger partial charge in [-0.15, -0.1) is 0 Å². The van der Waals surface area contributed by atoms with Crippen molar-refractivity contribution in [3.05, 3.63) is 24.3 Å². The van der Waals surface area contributed by atoms with Crippen LogP contribution in [0.25, 0.3) is 0 Å². The fourth-order valence-corrected chi connectivity index (χ4v) is 31.9. The monoisotopic (exact) mass is 462 g/mol. The number of hydrogen-bond acceptors (Lipinski definition) is 2. The summed E-state index contributed by atoms with van der Waals surface area (Å²) in [6.07, 6.45) is 16.5. The van der Waals surface area contributed by atoms with Crippen molar-refractivity contribution in [3.63, 3.8) is 0 Å². The van der Waals surface area contributed by atoms with Crippen LogP contribution in [0.5, 0.6) is 0 Å².